The maximum atomic E-state index is 12.7. The fourth-order valence-corrected chi connectivity index (χ4v) is 5.57. The highest BCUT2D eigenvalue weighted by molar-refractivity contribution is 7.99. The van der Waals surface area contributed by atoms with E-state index in [-0.39, 0.29) is 30.5 Å². The van der Waals surface area contributed by atoms with Gasteiger partial charge in [0.05, 0.1) is 36.0 Å². The molecule has 2 N–H and O–H groups in total. The lowest BCUT2D eigenvalue weighted by Gasteiger charge is -2.12. The Morgan fingerprint density at radius 1 is 1.00 bits per heavy atom. The van der Waals surface area contributed by atoms with Gasteiger partial charge in [-0.1, -0.05) is 59.5 Å². The zero-order valence-electron chi connectivity index (χ0n) is 21.4. The number of methoxy groups -OCH3 is 1. The first kappa shape index (κ1) is 26.4. The molecule has 11 heteroatoms. The van der Waals surface area contributed by atoms with Crippen LogP contribution in [0.5, 0.6) is 5.75 Å². The summed E-state index contributed by atoms with van der Waals surface area (Å²) in [6.45, 7) is 2.19. The summed E-state index contributed by atoms with van der Waals surface area (Å²) in [6.07, 6.45) is 0.232. The number of thioether (sulfide) groups is 1. The maximum absolute atomic E-state index is 12.7. The molecule has 9 nitrogen and oxygen atoms in total. The number of para-hydroxylation sites is 1. The van der Waals surface area contributed by atoms with Crippen LogP contribution >= 0.6 is 23.1 Å². The highest BCUT2D eigenvalue weighted by Gasteiger charge is 2.18. The minimum Gasteiger partial charge on any atom is -0.497 e. The number of rotatable bonds is 10. The number of fused-ring (bicyclic) bond motifs is 1. The summed E-state index contributed by atoms with van der Waals surface area (Å²) in [5.41, 5.74) is 3.65. The fourth-order valence-electron chi connectivity index (χ4n) is 3.91. The number of thiazole rings is 1. The first-order valence-electron chi connectivity index (χ1n) is 12.2. The number of nitrogens with one attached hydrogen (secondary N) is 2. The smallest absolute Gasteiger partial charge is 0.236 e. The molecule has 5 rings (SSSR count). The van der Waals surface area contributed by atoms with Crippen molar-refractivity contribution in [3.63, 3.8) is 0 Å². The number of aryl methyl sites for hydroxylation is 1. The van der Waals surface area contributed by atoms with E-state index in [1.807, 2.05) is 84.3 Å². The predicted octanol–water partition coefficient (Wildman–Crippen LogP) is 4.78. The molecule has 0 aliphatic heterocycles. The first-order valence-corrected chi connectivity index (χ1v) is 14.0. The van der Waals surface area contributed by atoms with Crippen molar-refractivity contribution in [2.45, 2.75) is 25.0 Å². The Hall–Kier alpha value is -4.22. The summed E-state index contributed by atoms with van der Waals surface area (Å²) >= 11 is 2.71. The Morgan fingerprint density at radius 3 is 2.59 bits per heavy atom. The van der Waals surface area contributed by atoms with Gasteiger partial charge in [-0.3, -0.25) is 14.2 Å². The Balaban J connectivity index is 1.27. The third-order valence-corrected chi connectivity index (χ3v) is 7.68. The third kappa shape index (κ3) is 6.62. The standard InChI is InChI=1S/C28H26N6O3S2/c1-18-6-5-7-20(14-18)34-24(16-29-25(35)15-19-10-12-21(37-2)13-11-19)32-33-28(34)38-17-26(36)31-27-30-22-8-3-4-9-23(22)39-27/h3-14H,15-17H2,1-2H3,(H,29,35)(H,30,31,36). The minimum atomic E-state index is -0.188. The Labute approximate surface area is 233 Å². The van der Waals surface area contributed by atoms with Crippen LogP contribution in [0.1, 0.15) is 17.0 Å². The number of anilines is 1. The summed E-state index contributed by atoms with van der Waals surface area (Å²) in [5.74, 6) is 1.11. The molecule has 5 aromatic rings. The van der Waals surface area contributed by atoms with Crippen molar-refractivity contribution >= 4 is 50.3 Å². The van der Waals surface area contributed by atoms with Gasteiger partial charge in [-0.2, -0.15) is 0 Å². The molecular weight excluding hydrogens is 532 g/mol. The van der Waals surface area contributed by atoms with Gasteiger partial charge in [-0.25, -0.2) is 4.98 Å². The van der Waals surface area contributed by atoms with Crippen molar-refractivity contribution in [3.05, 3.63) is 89.7 Å². The van der Waals surface area contributed by atoms with Crippen LogP contribution in [0.15, 0.2) is 78.0 Å². The molecule has 0 radical (unpaired) electrons. The van der Waals surface area contributed by atoms with E-state index in [1.165, 1.54) is 23.1 Å². The quantitative estimate of drug-likeness (QED) is 0.237. The molecule has 0 fully saturated rings. The maximum Gasteiger partial charge on any atom is 0.236 e. The lowest BCUT2D eigenvalue weighted by atomic mass is 10.1. The van der Waals surface area contributed by atoms with E-state index in [4.69, 9.17) is 4.74 Å². The zero-order chi connectivity index (χ0) is 27.2. The van der Waals surface area contributed by atoms with Gasteiger partial charge in [0, 0.05) is 5.69 Å². The Bertz CT molecular complexity index is 1580. The van der Waals surface area contributed by atoms with Crippen LogP contribution < -0.4 is 15.4 Å². The van der Waals surface area contributed by atoms with Gasteiger partial charge in [0.25, 0.3) is 0 Å². The molecule has 198 valence electrons. The number of hydrogen-bond acceptors (Lipinski definition) is 8. The predicted molar refractivity (Wildman–Crippen MR) is 154 cm³/mol. The highest BCUT2D eigenvalue weighted by Crippen LogP contribution is 2.27. The molecule has 0 unspecified atom stereocenters. The summed E-state index contributed by atoms with van der Waals surface area (Å²) in [7, 11) is 1.60. The van der Waals surface area contributed by atoms with Crippen LogP contribution in [0.4, 0.5) is 5.13 Å². The minimum absolute atomic E-state index is 0.129. The molecule has 0 bridgehead atoms. The molecule has 0 saturated carbocycles. The lowest BCUT2D eigenvalue weighted by molar-refractivity contribution is -0.120. The van der Waals surface area contributed by atoms with Gasteiger partial charge in [-0.15, -0.1) is 10.2 Å². The molecule has 39 heavy (non-hydrogen) atoms. The second-order valence-corrected chi connectivity index (χ2v) is 10.7. The third-order valence-electron chi connectivity index (χ3n) is 5.80. The zero-order valence-corrected chi connectivity index (χ0v) is 23.0. The number of carbonyl (C=O) groups is 2. The summed E-state index contributed by atoms with van der Waals surface area (Å²) in [6, 6.07) is 23.0. The number of hydrogen-bond donors (Lipinski definition) is 2. The van der Waals surface area contributed by atoms with Crippen LogP contribution in [-0.2, 0) is 22.6 Å². The second kappa shape index (κ2) is 12.1. The highest BCUT2D eigenvalue weighted by atomic mass is 32.2. The van der Waals surface area contributed by atoms with Crippen molar-refractivity contribution in [2.24, 2.45) is 0 Å². The van der Waals surface area contributed by atoms with Crippen molar-refractivity contribution in [2.75, 3.05) is 18.2 Å². The van der Waals surface area contributed by atoms with Crippen molar-refractivity contribution in [3.8, 4) is 11.4 Å². The topological polar surface area (TPSA) is 111 Å². The number of amides is 2. The van der Waals surface area contributed by atoms with Crippen LogP contribution in [0.2, 0.25) is 0 Å². The first-order chi connectivity index (χ1) is 19.0. The Morgan fingerprint density at radius 2 is 1.82 bits per heavy atom. The number of nitrogens with zero attached hydrogens (tertiary/aromatic N) is 4. The van der Waals surface area contributed by atoms with Crippen LogP contribution in [0.25, 0.3) is 15.9 Å². The number of ether oxygens (including phenoxy) is 1. The van der Waals surface area contributed by atoms with Crippen LogP contribution in [-0.4, -0.2) is 44.4 Å². The van der Waals surface area contributed by atoms with Gasteiger partial charge >= 0.3 is 0 Å². The fraction of sp³-hybridized carbons (Fsp3) is 0.179. The molecule has 0 atom stereocenters. The average molecular weight is 559 g/mol. The van der Waals surface area contributed by atoms with Crippen molar-refractivity contribution in [1.29, 1.82) is 0 Å². The van der Waals surface area contributed by atoms with Gasteiger partial charge in [0.1, 0.15) is 5.75 Å². The summed E-state index contributed by atoms with van der Waals surface area (Å²) in [4.78, 5) is 29.8. The van der Waals surface area contributed by atoms with E-state index in [1.54, 1.807) is 7.11 Å². The number of benzene rings is 3. The molecule has 2 amide bonds. The van der Waals surface area contributed by atoms with E-state index < -0.39 is 0 Å². The van der Waals surface area contributed by atoms with Gasteiger partial charge < -0.3 is 15.4 Å². The SMILES string of the molecule is COc1ccc(CC(=O)NCc2nnc(SCC(=O)Nc3nc4ccccc4s3)n2-c2cccc(C)c2)cc1. The van der Waals surface area contributed by atoms with E-state index >= 15 is 0 Å². The molecule has 3 aromatic carbocycles. The monoisotopic (exact) mass is 558 g/mol. The largest absolute Gasteiger partial charge is 0.497 e. The molecule has 0 spiro atoms. The van der Waals surface area contributed by atoms with E-state index in [0.29, 0.717) is 16.1 Å². The molecule has 0 aliphatic rings. The van der Waals surface area contributed by atoms with Gasteiger partial charge in [0.2, 0.25) is 11.8 Å². The lowest BCUT2D eigenvalue weighted by Crippen LogP contribution is -2.26. The molecule has 2 aromatic heterocycles. The molecule has 2 heterocycles. The van der Waals surface area contributed by atoms with Crippen LogP contribution in [0.3, 0.4) is 0 Å². The van der Waals surface area contributed by atoms with E-state index in [9.17, 15) is 9.59 Å². The molecule has 0 aliphatic carbocycles. The van der Waals surface area contributed by atoms with Crippen molar-refractivity contribution in [1.82, 2.24) is 25.1 Å². The van der Waals surface area contributed by atoms with E-state index in [0.717, 1.165) is 32.8 Å². The number of aromatic nitrogens is 4. The summed E-state index contributed by atoms with van der Waals surface area (Å²) < 4.78 is 8.06. The Kier molecular flexibility index (Phi) is 8.18. The van der Waals surface area contributed by atoms with Gasteiger partial charge in [0.15, 0.2) is 16.1 Å². The normalized spacial score (nSPS) is 10.9. The molecular formula is C28H26N6O3S2. The van der Waals surface area contributed by atoms with Crippen LogP contribution in [0, 0.1) is 6.92 Å². The van der Waals surface area contributed by atoms with Gasteiger partial charge in [-0.05, 0) is 54.4 Å². The molecule has 0 saturated heterocycles. The summed E-state index contributed by atoms with van der Waals surface area (Å²) in [5, 5.41) is 15.6. The van der Waals surface area contributed by atoms with E-state index in [2.05, 4.69) is 25.8 Å². The van der Waals surface area contributed by atoms with Crippen molar-refractivity contribution < 1.29 is 14.3 Å². The second-order valence-electron chi connectivity index (χ2n) is 8.70. The number of carbonyl (C=O) groups excluding carboxylic acids is 2. The average Bonchev–Trinajstić information content (AvgIpc) is 3.54.